The summed E-state index contributed by atoms with van der Waals surface area (Å²) in [6, 6.07) is 0.509. The molecule has 0 fully saturated rings. The summed E-state index contributed by atoms with van der Waals surface area (Å²) >= 11 is 6.36. The first-order chi connectivity index (χ1) is 12.1. The molecule has 4 aliphatic rings. The fourth-order valence-electron chi connectivity index (χ4n) is 3.90. The van der Waals surface area contributed by atoms with Crippen LogP contribution in [-0.2, 0) is 4.74 Å². The molecule has 132 valence electrons. The molecule has 0 aromatic heterocycles. The molecule has 3 aliphatic carbocycles. The van der Waals surface area contributed by atoms with Gasteiger partial charge in [-0.05, 0) is 43.4 Å². The largest absolute Gasteiger partial charge is 0.462 e. The molecular formula is C20H24ClN3O. The third-order valence-corrected chi connectivity index (χ3v) is 5.17. The van der Waals surface area contributed by atoms with Crippen molar-refractivity contribution < 1.29 is 4.74 Å². The minimum Gasteiger partial charge on any atom is -0.462 e. The Kier molecular flexibility index (Phi) is 4.57. The van der Waals surface area contributed by atoms with Crippen LogP contribution in [0.4, 0.5) is 0 Å². The van der Waals surface area contributed by atoms with Gasteiger partial charge in [0, 0.05) is 11.8 Å². The smallest absolute Gasteiger partial charge is 0.289 e. The van der Waals surface area contributed by atoms with E-state index in [9.17, 15) is 0 Å². The average Bonchev–Trinajstić information content (AvgIpc) is 2.60. The summed E-state index contributed by atoms with van der Waals surface area (Å²) in [4.78, 5) is 4.75. The van der Waals surface area contributed by atoms with Gasteiger partial charge in [0.05, 0.1) is 6.10 Å². The van der Waals surface area contributed by atoms with Crippen LogP contribution in [0.5, 0.6) is 0 Å². The number of fused-ring (bicyclic) bond motifs is 2. The zero-order valence-corrected chi connectivity index (χ0v) is 15.3. The van der Waals surface area contributed by atoms with Gasteiger partial charge in [0.1, 0.15) is 6.17 Å². The lowest BCUT2D eigenvalue weighted by molar-refractivity contribution is 0.205. The highest BCUT2D eigenvalue weighted by molar-refractivity contribution is 6.21. The van der Waals surface area contributed by atoms with Crippen LogP contribution >= 0.6 is 11.6 Å². The molecule has 2 N–H and O–H groups in total. The van der Waals surface area contributed by atoms with Gasteiger partial charge in [-0.1, -0.05) is 54.1 Å². The normalized spacial score (nSPS) is 33.4. The van der Waals surface area contributed by atoms with E-state index in [1.807, 2.05) is 13.8 Å². The molecule has 0 radical (unpaired) electrons. The predicted molar refractivity (Wildman–Crippen MR) is 102 cm³/mol. The quantitative estimate of drug-likeness (QED) is 0.584. The Balaban J connectivity index is 1.71. The summed E-state index contributed by atoms with van der Waals surface area (Å²) in [6.07, 6.45) is 17.8. The molecule has 4 unspecified atom stereocenters. The lowest BCUT2D eigenvalue weighted by Gasteiger charge is -2.38. The van der Waals surface area contributed by atoms with Gasteiger partial charge in [0.15, 0.2) is 5.62 Å². The van der Waals surface area contributed by atoms with Crippen LogP contribution in [0.2, 0.25) is 0 Å². The molecule has 5 heteroatoms. The van der Waals surface area contributed by atoms with Crippen LogP contribution in [0.25, 0.3) is 0 Å². The summed E-state index contributed by atoms with van der Waals surface area (Å²) in [7, 11) is 0. The van der Waals surface area contributed by atoms with Gasteiger partial charge in [0.2, 0.25) is 0 Å². The first kappa shape index (κ1) is 16.7. The Morgan fingerprint density at radius 3 is 2.84 bits per heavy atom. The number of hydrogen-bond acceptors (Lipinski definition) is 4. The predicted octanol–water partition coefficient (Wildman–Crippen LogP) is 3.75. The van der Waals surface area contributed by atoms with E-state index < -0.39 is 5.62 Å². The molecule has 4 rings (SSSR count). The second-order valence-electron chi connectivity index (χ2n) is 7.06. The van der Waals surface area contributed by atoms with Crippen LogP contribution in [0.1, 0.15) is 26.7 Å². The lowest BCUT2D eigenvalue weighted by atomic mass is 9.70. The van der Waals surface area contributed by atoms with E-state index >= 15 is 0 Å². The van der Waals surface area contributed by atoms with Crippen LogP contribution in [0, 0.1) is 11.8 Å². The summed E-state index contributed by atoms with van der Waals surface area (Å²) in [6.45, 7) is 3.97. The van der Waals surface area contributed by atoms with Crippen molar-refractivity contribution in [3.05, 3.63) is 59.3 Å². The van der Waals surface area contributed by atoms with E-state index in [1.54, 1.807) is 0 Å². The first-order valence-corrected chi connectivity index (χ1v) is 9.42. The highest BCUT2D eigenvalue weighted by atomic mass is 35.5. The van der Waals surface area contributed by atoms with Crippen LogP contribution in [0.15, 0.2) is 64.2 Å². The van der Waals surface area contributed by atoms with Crippen molar-refractivity contribution in [3.63, 3.8) is 0 Å². The monoisotopic (exact) mass is 357 g/mol. The molecule has 4 nitrogen and oxygen atoms in total. The number of aliphatic imine (C=N–C) groups is 1. The third kappa shape index (κ3) is 3.33. The van der Waals surface area contributed by atoms with E-state index in [0.717, 1.165) is 12.8 Å². The number of rotatable bonds is 2. The van der Waals surface area contributed by atoms with Crippen molar-refractivity contribution in [2.24, 2.45) is 16.8 Å². The standard InChI is InChI=1S/C20H24ClN3O/c1-12(2)25-20-23-18(22-19(21)24-20)17-11-13-7-3-4-8-14(13)15-9-5-6-10-16(15)17/h4-6,8-12,15-16,18-19,22H,3,7H2,1-2H3,(H,23,24). The molecule has 1 heterocycles. The SMILES string of the molecule is CC(C)OC1=NC(C2=CC3=C(C=CCC3)C3C=CC=CC23)NC(Cl)N1. The average molecular weight is 358 g/mol. The zero-order valence-electron chi connectivity index (χ0n) is 14.6. The Bertz CT molecular complexity index is 729. The van der Waals surface area contributed by atoms with Crippen molar-refractivity contribution >= 4 is 17.6 Å². The van der Waals surface area contributed by atoms with Gasteiger partial charge in [-0.15, -0.1) is 0 Å². The Hall–Kier alpha value is -1.78. The fraction of sp³-hybridized carbons (Fsp3) is 0.450. The molecule has 0 saturated carbocycles. The molecule has 0 spiro atoms. The maximum atomic E-state index is 6.36. The van der Waals surface area contributed by atoms with Crippen LogP contribution < -0.4 is 10.6 Å². The third-order valence-electron chi connectivity index (χ3n) is 4.93. The van der Waals surface area contributed by atoms with E-state index in [1.165, 1.54) is 16.7 Å². The number of amidine groups is 1. The minimum atomic E-state index is -0.402. The Morgan fingerprint density at radius 1 is 1.24 bits per heavy atom. The zero-order chi connectivity index (χ0) is 17.4. The van der Waals surface area contributed by atoms with Gasteiger partial charge < -0.3 is 10.1 Å². The molecule has 1 aliphatic heterocycles. The number of allylic oxidation sites excluding steroid dienone is 9. The number of nitrogens with zero attached hydrogens (tertiary/aromatic N) is 1. The van der Waals surface area contributed by atoms with Gasteiger partial charge >= 0.3 is 0 Å². The number of hydrogen-bond donors (Lipinski definition) is 2. The van der Waals surface area contributed by atoms with Crippen LogP contribution in [-0.4, -0.2) is 23.9 Å². The number of alkyl halides is 1. The minimum absolute atomic E-state index is 0.0530. The van der Waals surface area contributed by atoms with Crippen molar-refractivity contribution in [2.75, 3.05) is 0 Å². The molecule has 0 amide bonds. The summed E-state index contributed by atoms with van der Waals surface area (Å²) < 4.78 is 5.76. The fourth-order valence-corrected chi connectivity index (χ4v) is 4.11. The highest BCUT2D eigenvalue weighted by Crippen LogP contribution is 2.43. The van der Waals surface area contributed by atoms with Gasteiger partial charge in [0.25, 0.3) is 6.02 Å². The van der Waals surface area contributed by atoms with E-state index in [0.29, 0.717) is 17.9 Å². The van der Waals surface area contributed by atoms with Gasteiger partial charge in [-0.3, -0.25) is 5.32 Å². The maximum Gasteiger partial charge on any atom is 0.289 e. The van der Waals surface area contributed by atoms with Crippen molar-refractivity contribution in [3.8, 4) is 0 Å². The molecule has 0 aromatic rings. The number of halogens is 1. The topological polar surface area (TPSA) is 45.6 Å². The highest BCUT2D eigenvalue weighted by Gasteiger charge is 2.36. The molecule has 0 bridgehead atoms. The first-order valence-electron chi connectivity index (χ1n) is 8.99. The molecular weight excluding hydrogens is 334 g/mol. The van der Waals surface area contributed by atoms with Crippen molar-refractivity contribution in [1.29, 1.82) is 0 Å². The summed E-state index contributed by atoms with van der Waals surface area (Å²) in [5.74, 6) is 0.682. The Morgan fingerprint density at radius 2 is 2.04 bits per heavy atom. The van der Waals surface area contributed by atoms with E-state index in [-0.39, 0.29) is 12.3 Å². The number of nitrogens with one attached hydrogen (secondary N) is 2. The maximum absolute atomic E-state index is 6.36. The van der Waals surface area contributed by atoms with Crippen LogP contribution in [0.3, 0.4) is 0 Å². The molecule has 25 heavy (non-hydrogen) atoms. The van der Waals surface area contributed by atoms with E-state index in [2.05, 4.69) is 53.2 Å². The second-order valence-corrected chi connectivity index (χ2v) is 7.50. The Labute approximate surface area is 154 Å². The molecule has 0 aromatic carbocycles. The summed E-state index contributed by atoms with van der Waals surface area (Å²) in [5.41, 5.74) is 3.73. The van der Waals surface area contributed by atoms with Crippen molar-refractivity contribution in [2.45, 2.75) is 44.6 Å². The van der Waals surface area contributed by atoms with Gasteiger partial charge in [-0.2, -0.15) is 0 Å². The lowest BCUT2D eigenvalue weighted by Crippen LogP contribution is -2.53. The summed E-state index contributed by atoms with van der Waals surface area (Å²) in [5, 5.41) is 6.38. The van der Waals surface area contributed by atoms with E-state index in [4.69, 9.17) is 21.3 Å². The second kappa shape index (κ2) is 6.85. The molecule has 4 atom stereocenters. The van der Waals surface area contributed by atoms with Crippen molar-refractivity contribution in [1.82, 2.24) is 10.6 Å². The van der Waals surface area contributed by atoms with Gasteiger partial charge in [-0.25, -0.2) is 4.99 Å². The number of ether oxygens (including phenoxy) is 1. The molecule has 0 saturated heterocycles.